The number of aliphatic hydroxyl groups excluding tert-OH is 1. The molecule has 3 aromatic rings. The van der Waals surface area contributed by atoms with E-state index in [1.807, 2.05) is 69.3 Å². The number of nitrogens with zero attached hydrogens (tertiary/aromatic N) is 4. The summed E-state index contributed by atoms with van der Waals surface area (Å²) in [7, 11) is -3.48. The van der Waals surface area contributed by atoms with Gasteiger partial charge in [0.2, 0.25) is 5.91 Å². The topological polar surface area (TPSA) is 202 Å². The minimum absolute atomic E-state index is 0.00775. The van der Waals surface area contributed by atoms with Gasteiger partial charge in [-0.3, -0.25) is 20.0 Å². The van der Waals surface area contributed by atoms with Gasteiger partial charge in [-0.1, -0.05) is 89.6 Å². The van der Waals surface area contributed by atoms with Gasteiger partial charge in [-0.15, -0.1) is 0 Å². The Morgan fingerprint density at radius 2 is 1.60 bits per heavy atom. The SMILES string of the molecule is CC[C@H](C)[C@@H](C(=O)N[C@@H](Cc1ccccc1)[C@@H](O)CN(Cc1ccc(S(C)(=O)=O)cc1)NC(=O)[C@@H](NC(=O)O)C(C)(C)C)N1CCN(Cc2cccc(C)n2)C1=O. The number of carbonyl (C=O) groups is 4. The van der Waals surface area contributed by atoms with Crippen molar-refractivity contribution in [2.45, 2.75) is 96.6 Å². The molecule has 1 aliphatic heterocycles. The van der Waals surface area contributed by atoms with Gasteiger partial charge < -0.3 is 30.6 Å². The molecule has 0 spiro atoms. The Bertz CT molecular complexity index is 1960. The fourth-order valence-electron chi connectivity index (χ4n) is 6.82. The first kappa shape index (κ1) is 44.7. The Labute approximate surface area is 335 Å². The van der Waals surface area contributed by atoms with Crippen LogP contribution < -0.4 is 16.1 Å². The smallest absolute Gasteiger partial charge is 0.405 e. The zero-order valence-corrected chi connectivity index (χ0v) is 34.6. The molecule has 1 aliphatic rings. The van der Waals surface area contributed by atoms with Crippen LogP contribution in [0.2, 0.25) is 0 Å². The van der Waals surface area contributed by atoms with Gasteiger partial charge in [0.25, 0.3) is 5.91 Å². The summed E-state index contributed by atoms with van der Waals surface area (Å²) in [6.45, 7) is 11.7. The highest BCUT2D eigenvalue weighted by Gasteiger charge is 2.41. The van der Waals surface area contributed by atoms with Gasteiger partial charge >= 0.3 is 12.1 Å². The van der Waals surface area contributed by atoms with Crippen molar-refractivity contribution in [3.8, 4) is 0 Å². The summed E-state index contributed by atoms with van der Waals surface area (Å²) < 4.78 is 24.2. The molecule has 5 amide bonds. The number of aliphatic hydroxyl groups is 1. The van der Waals surface area contributed by atoms with Crippen molar-refractivity contribution in [2.24, 2.45) is 11.3 Å². The van der Waals surface area contributed by atoms with E-state index in [1.165, 1.54) is 17.1 Å². The Morgan fingerprint density at radius 1 is 0.930 bits per heavy atom. The van der Waals surface area contributed by atoms with Crippen molar-refractivity contribution < 1.29 is 37.8 Å². The molecule has 0 aliphatic carbocycles. The number of hydrogen-bond donors (Lipinski definition) is 5. The van der Waals surface area contributed by atoms with Gasteiger partial charge in [0.05, 0.1) is 29.3 Å². The first-order valence-corrected chi connectivity index (χ1v) is 21.0. The summed E-state index contributed by atoms with van der Waals surface area (Å²) in [6.07, 6.45) is -0.791. The summed E-state index contributed by atoms with van der Waals surface area (Å²) in [5, 5.41) is 28.3. The molecule has 310 valence electrons. The van der Waals surface area contributed by atoms with Crippen molar-refractivity contribution in [2.75, 3.05) is 25.9 Å². The van der Waals surface area contributed by atoms with Crippen LogP contribution in [0.4, 0.5) is 9.59 Å². The van der Waals surface area contributed by atoms with Crippen molar-refractivity contribution in [3.63, 3.8) is 0 Å². The number of urea groups is 1. The van der Waals surface area contributed by atoms with E-state index in [0.717, 1.165) is 23.2 Å². The summed E-state index contributed by atoms with van der Waals surface area (Å²) in [6, 6.07) is 17.8. The molecule has 1 aromatic heterocycles. The van der Waals surface area contributed by atoms with Gasteiger partial charge in [0.15, 0.2) is 9.84 Å². The number of hydrogen-bond acceptors (Lipinski definition) is 9. The zero-order valence-electron chi connectivity index (χ0n) is 33.8. The monoisotopic (exact) mass is 807 g/mol. The van der Waals surface area contributed by atoms with Gasteiger partial charge in [0, 0.05) is 38.1 Å². The number of carboxylic acid groups (broad SMARTS) is 1. The molecule has 2 heterocycles. The highest BCUT2D eigenvalue weighted by molar-refractivity contribution is 7.90. The first-order chi connectivity index (χ1) is 26.8. The second kappa shape index (κ2) is 19.4. The third-order valence-electron chi connectivity index (χ3n) is 10.1. The fourth-order valence-corrected chi connectivity index (χ4v) is 7.45. The standard InChI is InChI=1S/C41H57N7O8S/c1-8-27(2)35(48-22-21-46(40(48)54)25-31-16-12-13-28(3)42-31)37(50)43-33(23-29-14-10-9-11-15-29)34(49)26-47(24-30-17-19-32(20-18-30)57(7,55)56)45-38(51)36(41(4,5)6)44-39(52)53/h9-20,27,33-36,44,49H,8,21-26H2,1-7H3,(H,43,50)(H,45,51)(H,52,53)/t27-,33-,34-,35-,36+/m0/s1. The maximum Gasteiger partial charge on any atom is 0.405 e. The second-order valence-corrected chi connectivity index (χ2v) is 17.9. The Hall–Kier alpha value is -5.06. The highest BCUT2D eigenvalue weighted by atomic mass is 32.2. The van der Waals surface area contributed by atoms with Crippen molar-refractivity contribution >= 4 is 33.8 Å². The molecule has 0 radical (unpaired) electrons. The summed E-state index contributed by atoms with van der Waals surface area (Å²) in [4.78, 5) is 61.5. The van der Waals surface area contributed by atoms with Crippen LogP contribution >= 0.6 is 0 Å². The molecular formula is C41H57N7O8S. The predicted molar refractivity (Wildman–Crippen MR) is 215 cm³/mol. The van der Waals surface area contributed by atoms with Crippen LogP contribution in [0.1, 0.15) is 63.6 Å². The molecule has 0 unspecified atom stereocenters. The average molecular weight is 808 g/mol. The number of benzene rings is 2. The largest absolute Gasteiger partial charge is 0.465 e. The van der Waals surface area contributed by atoms with Gasteiger partial charge in [-0.05, 0) is 60.1 Å². The minimum Gasteiger partial charge on any atom is -0.465 e. The van der Waals surface area contributed by atoms with Crippen LogP contribution in [-0.4, -0.2) is 112 Å². The molecule has 5 N–H and O–H groups in total. The number of pyridine rings is 1. The van der Waals surface area contributed by atoms with Gasteiger partial charge in [0.1, 0.15) is 12.1 Å². The van der Waals surface area contributed by atoms with E-state index in [1.54, 1.807) is 42.7 Å². The Balaban J connectivity index is 1.63. The second-order valence-electron chi connectivity index (χ2n) is 15.9. The number of sulfone groups is 1. The molecule has 1 fully saturated rings. The van der Waals surface area contributed by atoms with Crippen molar-refractivity contribution in [3.05, 3.63) is 95.3 Å². The fraction of sp³-hybridized carbons (Fsp3) is 0.488. The van der Waals surface area contributed by atoms with E-state index >= 15 is 0 Å². The molecule has 4 rings (SSSR count). The van der Waals surface area contributed by atoms with E-state index < -0.39 is 57.4 Å². The van der Waals surface area contributed by atoms with Crippen LogP contribution in [0.15, 0.2) is 77.7 Å². The molecule has 57 heavy (non-hydrogen) atoms. The van der Waals surface area contributed by atoms with E-state index in [9.17, 15) is 37.8 Å². The Morgan fingerprint density at radius 3 is 2.18 bits per heavy atom. The van der Waals surface area contributed by atoms with Gasteiger partial charge in [-0.2, -0.15) is 0 Å². The first-order valence-electron chi connectivity index (χ1n) is 19.1. The summed E-state index contributed by atoms with van der Waals surface area (Å²) in [5.74, 6) is -1.34. The molecule has 15 nitrogen and oxygen atoms in total. The third kappa shape index (κ3) is 12.7. The lowest BCUT2D eigenvalue weighted by Crippen LogP contribution is -2.60. The molecule has 2 aromatic carbocycles. The lowest BCUT2D eigenvalue weighted by atomic mass is 9.86. The van der Waals surface area contributed by atoms with E-state index in [-0.39, 0.29) is 36.4 Å². The van der Waals surface area contributed by atoms with Crippen LogP contribution in [0, 0.1) is 18.3 Å². The van der Waals surface area contributed by atoms with Gasteiger partial charge in [-0.25, -0.2) is 23.0 Å². The quantitative estimate of drug-likeness (QED) is 0.118. The highest BCUT2D eigenvalue weighted by Crippen LogP contribution is 2.24. The van der Waals surface area contributed by atoms with E-state index in [2.05, 4.69) is 21.0 Å². The summed E-state index contributed by atoms with van der Waals surface area (Å²) >= 11 is 0. The maximum absolute atomic E-state index is 14.4. The van der Waals surface area contributed by atoms with Crippen molar-refractivity contribution in [1.29, 1.82) is 0 Å². The molecule has 0 bridgehead atoms. The average Bonchev–Trinajstić information content (AvgIpc) is 3.48. The predicted octanol–water partition coefficient (Wildman–Crippen LogP) is 3.75. The van der Waals surface area contributed by atoms with E-state index in [0.29, 0.717) is 31.6 Å². The minimum atomic E-state index is -3.48. The number of nitrogens with one attached hydrogen (secondary N) is 3. The molecule has 1 saturated heterocycles. The number of aryl methyl sites for hydroxylation is 1. The zero-order chi connectivity index (χ0) is 42.1. The Kier molecular flexibility index (Phi) is 15.2. The normalized spacial score (nSPS) is 16.1. The van der Waals surface area contributed by atoms with Crippen LogP contribution in [0.5, 0.6) is 0 Å². The molecule has 5 atom stereocenters. The van der Waals surface area contributed by atoms with Crippen molar-refractivity contribution in [1.82, 2.24) is 35.9 Å². The lowest BCUT2D eigenvalue weighted by Gasteiger charge is -2.36. The van der Waals surface area contributed by atoms with Crippen LogP contribution in [0.25, 0.3) is 0 Å². The van der Waals surface area contributed by atoms with E-state index in [4.69, 9.17) is 0 Å². The number of aromatic nitrogens is 1. The molecule has 0 saturated carbocycles. The number of hydrazine groups is 1. The number of amides is 5. The number of rotatable bonds is 18. The third-order valence-corrected chi connectivity index (χ3v) is 11.2. The number of carbonyl (C=O) groups excluding carboxylic acids is 3. The molecule has 16 heteroatoms. The molecular weight excluding hydrogens is 751 g/mol. The van der Waals surface area contributed by atoms with Crippen LogP contribution in [-0.2, 0) is 38.9 Å². The summed E-state index contributed by atoms with van der Waals surface area (Å²) in [5.41, 5.74) is 4.93. The maximum atomic E-state index is 14.4. The lowest BCUT2D eigenvalue weighted by molar-refractivity contribution is -0.132. The van der Waals surface area contributed by atoms with Crippen LogP contribution in [0.3, 0.4) is 0 Å².